The zero-order valence-electron chi connectivity index (χ0n) is 11.9. The lowest BCUT2D eigenvalue weighted by Gasteiger charge is -2.27. The molecule has 0 saturated carbocycles. The third-order valence-corrected chi connectivity index (χ3v) is 4.03. The summed E-state index contributed by atoms with van der Waals surface area (Å²) in [5.74, 6) is 2.01. The fraction of sp³-hybridized carbons (Fsp3) is 0.375. The standard InChI is InChI=1S/C16H18N4O/c1-2-5-14-13(4-1)18-16(21-14)6-3-8-19-10-11-20-9-7-17-15(20)12-19/h1-2,4-5,7,9H,3,6,8,10-12H2. The van der Waals surface area contributed by atoms with Gasteiger partial charge in [0, 0.05) is 31.9 Å². The number of benzene rings is 1. The molecule has 0 aliphatic carbocycles. The van der Waals surface area contributed by atoms with E-state index >= 15 is 0 Å². The largest absolute Gasteiger partial charge is 0.441 e. The number of para-hydroxylation sites is 2. The van der Waals surface area contributed by atoms with Gasteiger partial charge in [-0.05, 0) is 25.1 Å². The summed E-state index contributed by atoms with van der Waals surface area (Å²) in [7, 11) is 0. The van der Waals surface area contributed by atoms with E-state index in [9.17, 15) is 0 Å². The van der Waals surface area contributed by atoms with Crippen molar-refractivity contribution >= 4 is 11.1 Å². The van der Waals surface area contributed by atoms with Crippen molar-refractivity contribution in [3.8, 4) is 0 Å². The van der Waals surface area contributed by atoms with Crippen LogP contribution in [0.2, 0.25) is 0 Å². The summed E-state index contributed by atoms with van der Waals surface area (Å²) < 4.78 is 7.99. The van der Waals surface area contributed by atoms with Crippen LogP contribution in [0.3, 0.4) is 0 Å². The van der Waals surface area contributed by atoms with E-state index in [-0.39, 0.29) is 0 Å². The summed E-state index contributed by atoms with van der Waals surface area (Å²) >= 11 is 0. The summed E-state index contributed by atoms with van der Waals surface area (Å²) in [6, 6.07) is 7.93. The fourth-order valence-corrected chi connectivity index (χ4v) is 2.90. The van der Waals surface area contributed by atoms with E-state index in [0.717, 1.165) is 56.0 Å². The van der Waals surface area contributed by atoms with Gasteiger partial charge in [0.15, 0.2) is 11.5 Å². The smallest absolute Gasteiger partial charge is 0.195 e. The van der Waals surface area contributed by atoms with E-state index in [1.165, 1.54) is 5.82 Å². The van der Waals surface area contributed by atoms with Crippen LogP contribution >= 0.6 is 0 Å². The zero-order chi connectivity index (χ0) is 14.1. The van der Waals surface area contributed by atoms with E-state index in [1.54, 1.807) is 0 Å². The first-order chi connectivity index (χ1) is 10.4. The maximum atomic E-state index is 5.76. The van der Waals surface area contributed by atoms with E-state index in [1.807, 2.05) is 30.5 Å². The molecule has 108 valence electrons. The molecule has 3 aromatic rings. The second-order valence-electron chi connectivity index (χ2n) is 5.49. The highest BCUT2D eigenvalue weighted by molar-refractivity contribution is 5.72. The van der Waals surface area contributed by atoms with Crippen molar-refractivity contribution in [3.05, 3.63) is 48.4 Å². The molecule has 1 aliphatic heterocycles. The molecule has 4 rings (SSSR count). The second-order valence-corrected chi connectivity index (χ2v) is 5.49. The van der Waals surface area contributed by atoms with E-state index < -0.39 is 0 Å². The molecule has 0 bridgehead atoms. The highest BCUT2D eigenvalue weighted by Gasteiger charge is 2.16. The van der Waals surface area contributed by atoms with Crippen molar-refractivity contribution in [3.63, 3.8) is 0 Å². The van der Waals surface area contributed by atoms with Crippen LogP contribution in [0.5, 0.6) is 0 Å². The van der Waals surface area contributed by atoms with Crippen molar-refractivity contribution in [2.45, 2.75) is 25.9 Å². The number of aromatic nitrogens is 3. The molecular formula is C16H18N4O. The molecule has 0 fully saturated rings. The Labute approximate surface area is 123 Å². The molecule has 5 heteroatoms. The van der Waals surface area contributed by atoms with Crippen LogP contribution < -0.4 is 0 Å². The van der Waals surface area contributed by atoms with Crippen LogP contribution in [0.1, 0.15) is 18.1 Å². The Morgan fingerprint density at radius 1 is 1.19 bits per heavy atom. The molecule has 21 heavy (non-hydrogen) atoms. The minimum Gasteiger partial charge on any atom is -0.441 e. The summed E-state index contributed by atoms with van der Waals surface area (Å²) in [5, 5.41) is 0. The van der Waals surface area contributed by atoms with Gasteiger partial charge in [0.1, 0.15) is 11.3 Å². The second kappa shape index (κ2) is 5.33. The summed E-state index contributed by atoms with van der Waals surface area (Å²) in [4.78, 5) is 11.4. The Balaban J connectivity index is 1.33. The number of fused-ring (bicyclic) bond motifs is 2. The van der Waals surface area contributed by atoms with Crippen molar-refractivity contribution in [2.24, 2.45) is 0 Å². The Morgan fingerprint density at radius 3 is 3.10 bits per heavy atom. The molecule has 5 nitrogen and oxygen atoms in total. The Morgan fingerprint density at radius 2 is 2.14 bits per heavy atom. The SMILES string of the molecule is c1ccc2oc(CCCN3CCn4ccnc4C3)nc2c1. The van der Waals surface area contributed by atoms with Crippen LogP contribution in [0.4, 0.5) is 0 Å². The molecule has 0 N–H and O–H groups in total. The molecular weight excluding hydrogens is 264 g/mol. The molecule has 1 aliphatic rings. The predicted molar refractivity (Wildman–Crippen MR) is 79.8 cm³/mol. The number of hydrogen-bond donors (Lipinski definition) is 0. The number of oxazole rings is 1. The van der Waals surface area contributed by atoms with Crippen LogP contribution in [0.25, 0.3) is 11.1 Å². The summed E-state index contributed by atoms with van der Waals surface area (Å²) in [6.07, 6.45) is 5.90. The van der Waals surface area contributed by atoms with E-state index in [2.05, 4.69) is 25.6 Å². The third kappa shape index (κ3) is 2.56. The molecule has 0 amide bonds. The number of imidazole rings is 1. The zero-order valence-corrected chi connectivity index (χ0v) is 11.9. The first kappa shape index (κ1) is 12.6. The van der Waals surface area contributed by atoms with Gasteiger partial charge in [-0.2, -0.15) is 0 Å². The molecule has 0 atom stereocenters. The molecule has 2 aromatic heterocycles. The number of rotatable bonds is 4. The fourth-order valence-electron chi connectivity index (χ4n) is 2.90. The van der Waals surface area contributed by atoms with Crippen molar-refractivity contribution in [2.75, 3.05) is 13.1 Å². The number of hydrogen-bond acceptors (Lipinski definition) is 4. The van der Waals surface area contributed by atoms with Gasteiger partial charge >= 0.3 is 0 Å². The van der Waals surface area contributed by atoms with Gasteiger partial charge < -0.3 is 8.98 Å². The molecule has 0 radical (unpaired) electrons. The van der Waals surface area contributed by atoms with Crippen molar-refractivity contribution in [1.29, 1.82) is 0 Å². The minimum absolute atomic E-state index is 0.842. The van der Waals surface area contributed by atoms with Gasteiger partial charge in [0.2, 0.25) is 0 Å². The molecule has 3 heterocycles. The van der Waals surface area contributed by atoms with Gasteiger partial charge in [-0.25, -0.2) is 9.97 Å². The number of aryl methyl sites for hydroxylation is 1. The van der Waals surface area contributed by atoms with Crippen LogP contribution in [0.15, 0.2) is 41.1 Å². The number of nitrogens with zero attached hydrogens (tertiary/aromatic N) is 4. The Bertz CT molecular complexity index is 712. The maximum absolute atomic E-state index is 5.76. The Hall–Kier alpha value is -2.14. The lowest BCUT2D eigenvalue weighted by Crippen LogP contribution is -2.34. The van der Waals surface area contributed by atoms with E-state index in [4.69, 9.17) is 4.42 Å². The van der Waals surface area contributed by atoms with Gasteiger partial charge in [-0.3, -0.25) is 4.90 Å². The predicted octanol–water partition coefficient (Wildman–Crippen LogP) is 2.47. The van der Waals surface area contributed by atoms with Crippen molar-refractivity contribution in [1.82, 2.24) is 19.4 Å². The average Bonchev–Trinajstić information content (AvgIpc) is 3.12. The normalized spacial score (nSPS) is 15.4. The van der Waals surface area contributed by atoms with Crippen molar-refractivity contribution < 1.29 is 4.42 Å². The minimum atomic E-state index is 0.842. The summed E-state index contributed by atoms with van der Waals surface area (Å²) in [5.41, 5.74) is 1.83. The summed E-state index contributed by atoms with van der Waals surface area (Å²) in [6.45, 7) is 4.14. The molecule has 0 spiro atoms. The monoisotopic (exact) mass is 282 g/mol. The van der Waals surface area contributed by atoms with Gasteiger partial charge in [-0.15, -0.1) is 0 Å². The van der Waals surface area contributed by atoms with Gasteiger partial charge in [0.25, 0.3) is 0 Å². The van der Waals surface area contributed by atoms with Crippen LogP contribution in [-0.2, 0) is 19.5 Å². The van der Waals surface area contributed by atoms with Crippen LogP contribution in [0, 0.1) is 0 Å². The van der Waals surface area contributed by atoms with Gasteiger partial charge in [-0.1, -0.05) is 12.1 Å². The molecule has 1 aromatic carbocycles. The molecule has 0 saturated heterocycles. The highest BCUT2D eigenvalue weighted by Crippen LogP contribution is 2.16. The van der Waals surface area contributed by atoms with Gasteiger partial charge in [0.05, 0.1) is 6.54 Å². The van der Waals surface area contributed by atoms with E-state index in [0.29, 0.717) is 0 Å². The third-order valence-electron chi connectivity index (χ3n) is 4.03. The maximum Gasteiger partial charge on any atom is 0.195 e. The average molecular weight is 282 g/mol. The Kier molecular flexibility index (Phi) is 3.20. The lowest BCUT2D eigenvalue weighted by molar-refractivity contribution is 0.213. The van der Waals surface area contributed by atoms with Crippen LogP contribution in [-0.4, -0.2) is 32.5 Å². The lowest BCUT2D eigenvalue weighted by atomic mass is 10.2. The first-order valence-corrected chi connectivity index (χ1v) is 7.45. The highest BCUT2D eigenvalue weighted by atomic mass is 16.3. The molecule has 0 unspecified atom stereocenters. The quantitative estimate of drug-likeness (QED) is 0.737. The topological polar surface area (TPSA) is 47.1 Å². The first-order valence-electron chi connectivity index (χ1n) is 7.45.